The fraction of sp³-hybridized carbons (Fsp3) is 0.380. The number of fused-ring (bicyclic) bond motifs is 3. The molecule has 4 atom stereocenters. The number of hydrogen-bond acceptors (Lipinski definition) is 8. The molecule has 0 bridgehead atoms. The number of nitrogens with zero attached hydrogens (tertiary/aromatic N) is 3. The number of carbonyl (C=O) groups excluding carboxylic acids is 5. The molecule has 0 aromatic heterocycles. The second kappa shape index (κ2) is 20.3. The number of ketones is 1. The van der Waals surface area contributed by atoms with Crippen molar-refractivity contribution < 1.29 is 48.5 Å². The third-order valence-electron chi connectivity index (χ3n) is 13.0. The van der Waals surface area contributed by atoms with E-state index >= 15 is 0 Å². The van der Waals surface area contributed by atoms with Crippen LogP contribution in [0.3, 0.4) is 0 Å². The molecule has 2 saturated heterocycles. The summed E-state index contributed by atoms with van der Waals surface area (Å²) in [5.41, 5.74) is 4.88. The smallest absolute Gasteiger partial charge is 0.413 e. The van der Waals surface area contributed by atoms with Crippen LogP contribution >= 0.6 is 0 Å². The SMILES string of the molecule is CCCCC1(CCCC)c2cc(NC(=O)[C@@H]3CC(=O)CN3C(=O)[C@H](NC(=O)O)c3ccccc3)ccc2-c2ccc(N(C(=O)O)[C@H]3CCCN3C(=O)[C@H](NC(=O)OC)c3ccccc3)cc21. The van der Waals surface area contributed by atoms with Crippen LogP contribution in [0, 0.1) is 0 Å². The van der Waals surface area contributed by atoms with Crippen LogP contribution in [0.4, 0.5) is 25.8 Å². The quantitative estimate of drug-likeness (QED) is 0.0731. The Kier molecular flexibility index (Phi) is 14.4. The number of rotatable bonds is 16. The van der Waals surface area contributed by atoms with Crippen molar-refractivity contribution in [3.63, 3.8) is 0 Å². The van der Waals surface area contributed by atoms with Gasteiger partial charge in [-0.15, -0.1) is 0 Å². The highest BCUT2D eigenvalue weighted by molar-refractivity contribution is 6.05. The molecule has 346 valence electrons. The normalized spacial score (nSPS) is 17.8. The first-order valence-corrected chi connectivity index (χ1v) is 22.5. The first-order chi connectivity index (χ1) is 31.8. The van der Waals surface area contributed by atoms with Gasteiger partial charge in [-0.2, -0.15) is 0 Å². The lowest BCUT2D eigenvalue weighted by Gasteiger charge is -2.37. The van der Waals surface area contributed by atoms with Crippen molar-refractivity contribution in [3.8, 4) is 11.1 Å². The molecule has 0 unspecified atom stereocenters. The minimum absolute atomic E-state index is 0.235. The van der Waals surface area contributed by atoms with Gasteiger partial charge in [0.05, 0.1) is 13.7 Å². The Hall–Kier alpha value is -7.23. The number of Topliss-reactive ketones (excluding diaryl/α,β-unsaturated/α-hetero) is 1. The van der Waals surface area contributed by atoms with E-state index in [1.54, 1.807) is 72.8 Å². The van der Waals surface area contributed by atoms with E-state index in [4.69, 9.17) is 4.74 Å². The van der Waals surface area contributed by atoms with Gasteiger partial charge < -0.3 is 40.7 Å². The van der Waals surface area contributed by atoms with Crippen molar-refractivity contribution in [1.82, 2.24) is 20.4 Å². The van der Waals surface area contributed by atoms with Gasteiger partial charge in [-0.3, -0.25) is 24.1 Å². The van der Waals surface area contributed by atoms with Gasteiger partial charge in [-0.1, -0.05) is 112 Å². The Balaban J connectivity index is 1.22. The van der Waals surface area contributed by atoms with E-state index in [2.05, 4.69) is 29.8 Å². The van der Waals surface area contributed by atoms with E-state index in [0.717, 1.165) is 65.7 Å². The van der Waals surface area contributed by atoms with Crippen LogP contribution in [0.5, 0.6) is 0 Å². The summed E-state index contributed by atoms with van der Waals surface area (Å²) in [6.45, 7) is 4.14. The summed E-state index contributed by atoms with van der Waals surface area (Å²) in [7, 11) is 1.21. The van der Waals surface area contributed by atoms with E-state index in [-0.39, 0.29) is 25.3 Å². The second-order valence-corrected chi connectivity index (χ2v) is 17.1. The molecule has 3 aliphatic rings. The fourth-order valence-electron chi connectivity index (χ4n) is 9.90. The predicted octanol–water partition coefficient (Wildman–Crippen LogP) is 7.98. The van der Waals surface area contributed by atoms with Crippen molar-refractivity contribution in [2.24, 2.45) is 0 Å². The van der Waals surface area contributed by atoms with Gasteiger partial charge in [0, 0.05) is 29.8 Å². The number of unbranched alkanes of at least 4 members (excludes halogenated alkanes) is 2. The van der Waals surface area contributed by atoms with Crippen LogP contribution in [-0.4, -0.2) is 94.2 Å². The van der Waals surface area contributed by atoms with Crippen LogP contribution in [0.2, 0.25) is 0 Å². The maximum atomic E-state index is 14.4. The molecule has 4 aromatic carbocycles. The van der Waals surface area contributed by atoms with Gasteiger partial charge in [0.15, 0.2) is 5.78 Å². The molecule has 66 heavy (non-hydrogen) atoms. The number of hydrogen-bond donors (Lipinski definition) is 5. The van der Waals surface area contributed by atoms with Gasteiger partial charge in [-0.25, -0.2) is 14.4 Å². The zero-order valence-electron chi connectivity index (χ0n) is 37.3. The minimum Gasteiger partial charge on any atom is -0.465 e. The Labute approximate surface area is 383 Å². The van der Waals surface area contributed by atoms with Gasteiger partial charge in [0.1, 0.15) is 24.3 Å². The van der Waals surface area contributed by atoms with E-state index in [1.165, 1.54) is 16.9 Å². The highest BCUT2D eigenvalue weighted by atomic mass is 16.5. The average molecular weight is 901 g/mol. The minimum atomic E-state index is -1.43. The summed E-state index contributed by atoms with van der Waals surface area (Å²) < 4.78 is 4.85. The van der Waals surface area contributed by atoms with Gasteiger partial charge >= 0.3 is 18.3 Å². The molecule has 16 heteroatoms. The summed E-state index contributed by atoms with van der Waals surface area (Å²) >= 11 is 0. The van der Waals surface area contributed by atoms with E-state index in [0.29, 0.717) is 35.3 Å². The van der Waals surface area contributed by atoms with E-state index in [9.17, 15) is 43.8 Å². The van der Waals surface area contributed by atoms with Crippen LogP contribution in [0.1, 0.15) is 106 Å². The van der Waals surface area contributed by atoms with Crippen molar-refractivity contribution in [2.45, 2.75) is 101 Å². The topological polar surface area (TPSA) is 215 Å². The van der Waals surface area contributed by atoms with Crippen LogP contribution < -0.4 is 20.9 Å². The average Bonchev–Trinajstić information content (AvgIpc) is 4.03. The predicted molar refractivity (Wildman–Crippen MR) is 246 cm³/mol. The number of alkyl carbamates (subject to hydrolysis) is 1. The van der Waals surface area contributed by atoms with Crippen molar-refractivity contribution >= 4 is 53.2 Å². The summed E-state index contributed by atoms with van der Waals surface area (Å²) in [5, 5.41) is 28.4. The van der Waals surface area contributed by atoms with Crippen LogP contribution in [0.25, 0.3) is 11.1 Å². The number of amides is 6. The number of carboxylic acid groups (broad SMARTS) is 2. The van der Waals surface area contributed by atoms with Gasteiger partial charge in [-0.05, 0) is 83.3 Å². The van der Waals surface area contributed by atoms with Crippen molar-refractivity contribution in [3.05, 3.63) is 119 Å². The lowest BCUT2D eigenvalue weighted by atomic mass is 9.70. The molecule has 2 aliphatic heterocycles. The fourth-order valence-corrected chi connectivity index (χ4v) is 9.90. The number of methoxy groups -OCH3 is 1. The molecule has 0 saturated carbocycles. The summed E-state index contributed by atoms with van der Waals surface area (Å²) in [6.07, 6.45) is 1.24. The van der Waals surface area contributed by atoms with E-state index in [1.807, 2.05) is 24.3 Å². The summed E-state index contributed by atoms with van der Waals surface area (Å²) in [5.74, 6) is -2.11. The second-order valence-electron chi connectivity index (χ2n) is 17.1. The Morgan fingerprint density at radius 2 is 1.35 bits per heavy atom. The van der Waals surface area contributed by atoms with Gasteiger partial charge in [0.25, 0.3) is 11.8 Å². The standard InChI is InChI=1S/C50H56N6O10/c1-4-6-24-50(25-7-5-2)38-27-33(51-44(58)40-29-35(57)30-55(40)46(60)42(52-47(61)62)31-15-10-8-11-16-31)20-22-36(38)37-23-21-34(28-39(37)50)56(49(64)65)41-19-14-26-54(41)45(59)43(53-48(63)66-3)32-17-12-9-13-18-32/h8-13,15-18,20-23,27-28,40-43,52H,4-7,14,19,24-26,29-30H2,1-3H3,(H,51,58)(H,53,63)(H,61,62)(H,64,65)/t40-,41-,42+,43+/m0/s1. The third-order valence-corrected chi connectivity index (χ3v) is 13.0. The number of carbonyl (C=O) groups is 7. The van der Waals surface area contributed by atoms with Crippen molar-refractivity contribution in [1.29, 1.82) is 0 Å². The molecule has 5 N–H and O–H groups in total. The van der Waals surface area contributed by atoms with Crippen molar-refractivity contribution in [2.75, 3.05) is 30.4 Å². The Morgan fingerprint density at radius 3 is 1.92 bits per heavy atom. The Morgan fingerprint density at radius 1 is 0.773 bits per heavy atom. The molecule has 2 fully saturated rings. The molecule has 16 nitrogen and oxygen atoms in total. The van der Waals surface area contributed by atoms with E-state index < -0.39 is 65.7 Å². The van der Waals surface area contributed by atoms with Crippen LogP contribution in [-0.2, 0) is 29.3 Å². The molecular formula is C50H56N6O10. The van der Waals surface area contributed by atoms with Crippen LogP contribution in [0.15, 0.2) is 97.1 Å². The molecule has 1 aliphatic carbocycles. The molecule has 2 heterocycles. The maximum Gasteiger partial charge on any atom is 0.413 e. The molecule has 7 rings (SSSR count). The maximum absolute atomic E-state index is 14.4. The highest BCUT2D eigenvalue weighted by Crippen LogP contribution is 2.55. The van der Waals surface area contributed by atoms with Gasteiger partial charge in [0.2, 0.25) is 5.91 Å². The highest BCUT2D eigenvalue weighted by Gasteiger charge is 2.46. The molecule has 0 spiro atoms. The third kappa shape index (κ3) is 9.44. The first kappa shape index (κ1) is 46.8. The zero-order chi connectivity index (χ0) is 47.1. The summed E-state index contributed by atoms with van der Waals surface area (Å²) in [4.78, 5) is 96.9. The first-order valence-electron chi connectivity index (χ1n) is 22.5. The summed E-state index contributed by atoms with van der Waals surface area (Å²) in [6, 6.07) is 24.6. The molecule has 0 radical (unpaired) electrons. The zero-order valence-corrected chi connectivity index (χ0v) is 37.3. The lowest BCUT2D eigenvalue weighted by Crippen LogP contribution is -2.53. The largest absolute Gasteiger partial charge is 0.465 e. The number of benzene rings is 4. The number of ether oxygens (including phenoxy) is 1. The number of nitrogens with one attached hydrogen (secondary N) is 3. The molecule has 4 aromatic rings. The molecular weight excluding hydrogens is 845 g/mol. The Bertz CT molecular complexity index is 2470. The monoisotopic (exact) mass is 900 g/mol. The number of likely N-dealkylation sites (tertiary alicyclic amines) is 2. The lowest BCUT2D eigenvalue weighted by molar-refractivity contribution is -0.138. The number of anilines is 2. The molecule has 6 amide bonds.